The molecule has 0 saturated carbocycles. The minimum absolute atomic E-state index is 0.141. The van der Waals surface area contributed by atoms with Gasteiger partial charge >= 0.3 is 5.97 Å². The number of fused-ring (bicyclic) bond motifs is 1. The summed E-state index contributed by atoms with van der Waals surface area (Å²) in [5, 5.41) is 23.0. The molecule has 1 atom stereocenters. The first kappa shape index (κ1) is 18.5. The quantitative estimate of drug-likeness (QED) is 0.521. The third-order valence-electron chi connectivity index (χ3n) is 4.35. The van der Waals surface area contributed by atoms with Gasteiger partial charge in [-0.2, -0.15) is 5.26 Å². The van der Waals surface area contributed by atoms with E-state index in [1.165, 1.54) is 24.0 Å². The van der Waals surface area contributed by atoms with Crippen LogP contribution in [0.15, 0.2) is 30.0 Å². The zero-order valence-corrected chi connectivity index (χ0v) is 14.3. The van der Waals surface area contributed by atoms with Gasteiger partial charge in [-0.3, -0.25) is 9.59 Å². The van der Waals surface area contributed by atoms with Gasteiger partial charge in [-0.1, -0.05) is 25.1 Å². The summed E-state index contributed by atoms with van der Waals surface area (Å²) in [6.07, 6.45) is 6.43. The number of aliphatic carboxylic acids is 1. The highest BCUT2D eigenvalue weighted by atomic mass is 16.4. The second kappa shape index (κ2) is 8.88. The Kier molecular flexibility index (Phi) is 6.58. The molecule has 1 unspecified atom stereocenters. The molecule has 1 aliphatic carbocycles. The van der Waals surface area contributed by atoms with Gasteiger partial charge in [0, 0.05) is 6.20 Å². The number of carbonyl (C=O) groups excluding carboxylic acids is 1. The summed E-state index contributed by atoms with van der Waals surface area (Å²) in [4.78, 5) is 22.8. The summed E-state index contributed by atoms with van der Waals surface area (Å²) in [6.45, 7) is 1.63. The Labute approximate surface area is 147 Å². The van der Waals surface area contributed by atoms with Crippen molar-refractivity contribution in [1.29, 1.82) is 5.26 Å². The molecule has 0 radical (unpaired) electrons. The van der Waals surface area contributed by atoms with Crippen LogP contribution in [0, 0.1) is 11.3 Å². The van der Waals surface area contributed by atoms with Crippen molar-refractivity contribution in [3.05, 3.63) is 46.7 Å². The first-order valence-corrected chi connectivity index (χ1v) is 8.53. The average Bonchev–Trinajstić information content (AvgIpc) is 2.62. The summed E-state index contributed by atoms with van der Waals surface area (Å²) in [5.74, 6) is -1.57. The molecule has 0 saturated heterocycles. The van der Waals surface area contributed by atoms with Gasteiger partial charge in [-0.15, -0.1) is 0 Å². The van der Waals surface area contributed by atoms with Gasteiger partial charge in [0.2, 0.25) is 0 Å². The third-order valence-corrected chi connectivity index (χ3v) is 4.35. The fourth-order valence-corrected chi connectivity index (χ4v) is 3.02. The van der Waals surface area contributed by atoms with Crippen LogP contribution in [0.25, 0.3) is 0 Å². The van der Waals surface area contributed by atoms with E-state index in [2.05, 4.69) is 22.8 Å². The van der Waals surface area contributed by atoms with Crippen molar-refractivity contribution in [1.82, 2.24) is 10.6 Å². The molecule has 0 heterocycles. The van der Waals surface area contributed by atoms with Crippen LogP contribution in [0.5, 0.6) is 0 Å². The second-order valence-electron chi connectivity index (χ2n) is 6.11. The average molecular weight is 341 g/mol. The maximum atomic E-state index is 12.3. The van der Waals surface area contributed by atoms with Crippen molar-refractivity contribution in [3.8, 4) is 6.07 Å². The van der Waals surface area contributed by atoms with E-state index >= 15 is 0 Å². The number of carbonyl (C=O) groups is 2. The molecule has 0 fully saturated rings. The molecule has 6 nitrogen and oxygen atoms in total. The Balaban J connectivity index is 2.09. The summed E-state index contributed by atoms with van der Waals surface area (Å²) >= 11 is 0. The van der Waals surface area contributed by atoms with Gasteiger partial charge in [-0.25, -0.2) is 0 Å². The number of benzene rings is 1. The van der Waals surface area contributed by atoms with E-state index < -0.39 is 11.9 Å². The van der Waals surface area contributed by atoms with Gasteiger partial charge in [-0.05, 0) is 48.8 Å². The second-order valence-corrected chi connectivity index (χ2v) is 6.11. The fourth-order valence-electron chi connectivity index (χ4n) is 3.02. The predicted octanol–water partition coefficient (Wildman–Crippen LogP) is 2.21. The van der Waals surface area contributed by atoms with Gasteiger partial charge < -0.3 is 15.7 Å². The highest BCUT2D eigenvalue weighted by Crippen LogP contribution is 2.26. The summed E-state index contributed by atoms with van der Waals surface area (Å²) in [6, 6.07) is 7.94. The number of carboxylic acids is 1. The minimum atomic E-state index is -1.06. The smallest absolute Gasteiger partial charge is 0.322 e. The molecule has 0 aliphatic heterocycles. The number of carboxylic acid groups (broad SMARTS) is 1. The van der Waals surface area contributed by atoms with Gasteiger partial charge in [0.05, 0.1) is 6.04 Å². The fraction of sp³-hybridized carbons (Fsp3) is 0.421. The van der Waals surface area contributed by atoms with E-state index in [-0.39, 0.29) is 18.2 Å². The molecule has 1 aromatic carbocycles. The predicted molar refractivity (Wildman–Crippen MR) is 93.6 cm³/mol. The first-order chi connectivity index (χ1) is 12.0. The van der Waals surface area contributed by atoms with E-state index in [9.17, 15) is 9.59 Å². The number of nitrogens with zero attached hydrogens (tertiary/aromatic N) is 1. The highest BCUT2D eigenvalue weighted by molar-refractivity contribution is 5.97. The molecular weight excluding hydrogens is 318 g/mol. The molecule has 0 aromatic heterocycles. The first-order valence-electron chi connectivity index (χ1n) is 8.53. The van der Waals surface area contributed by atoms with Crippen molar-refractivity contribution >= 4 is 11.9 Å². The van der Waals surface area contributed by atoms with Gasteiger partial charge in [0.1, 0.15) is 18.2 Å². The van der Waals surface area contributed by atoms with Crippen molar-refractivity contribution in [2.75, 3.05) is 6.54 Å². The maximum absolute atomic E-state index is 12.3. The van der Waals surface area contributed by atoms with E-state index in [0.717, 1.165) is 24.6 Å². The Hall–Kier alpha value is -2.81. The number of nitrogens with one attached hydrogen (secondary N) is 2. The molecule has 1 amide bonds. The van der Waals surface area contributed by atoms with E-state index in [1.54, 1.807) is 6.07 Å². The number of hydrogen-bond donors (Lipinski definition) is 3. The van der Waals surface area contributed by atoms with Crippen LogP contribution >= 0.6 is 0 Å². The molecule has 2 rings (SSSR count). The Morgan fingerprint density at radius 1 is 1.32 bits per heavy atom. The van der Waals surface area contributed by atoms with Crippen LogP contribution in [0.4, 0.5) is 0 Å². The van der Waals surface area contributed by atoms with Crippen LogP contribution in [0.1, 0.15) is 48.9 Å². The normalized spacial score (nSPS) is 14.8. The van der Waals surface area contributed by atoms with Crippen LogP contribution in [0.2, 0.25) is 0 Å². The van der Waals surface area contributed by atoms with Crippen LogP contribution in [-0.2, 0) is 22.4 Å². The molecule has 25 heavy (non-hydrogen) atoms. The Morgan fingerprint density at radius 3 is 2.68 bits per heavy atom. The lowest BCUT2D eigenvalue weighted by molar-refractivity contribution is -0.135. The van der Waals surface area contributed by atoms with E-state index in [1.807, 2.05) is 13.0 Å². The van der Waals surface area contributed by atoms with Crippen LogP contribution in [-0.4, -0.2) is 23.5 Å². The number of hydrogen-bond acceptors (Lipinski definition) is 4. The van der Waals surface area contributed by atoms with Crippen molar-refractivity contribution < 1.29 is 14.7 Å². The number of nitriles is 1. The lowest BCUT2D eigenvalue weighted by Crippen LogP contribution is -2.30. The summed E-state index contributed by atoms with van der Waals surface area (Å²) < 4.78 is 0. The Morgan fingerprint density at radius 2 is 2.04 bits per heavy atom. The lowest BCUT2D eigenvalue weighted by atomic mass is 9.88. The lowest BCUT2D eigenvalue weighted by Gasteiger charge is -2.21. The minimum Gasteiger partial charge on any atom is -0.480 e. The van der Waals surface area contributed by atoms with Crippen LogP contribution in [0.3, 0.4) is 0 Å². The molecule has 0 bridgehead atoms. The molecule has 1 aromatic rings. The van der Waals surface area contributed by atoms with E-state index in [0.29, 0.717) is 6.42 Å². The molecule has 6 heteroatoms. The molecule has 3 N–H and O–H groups in total. The zero-order chi connectivity index (χ0) is 18.2. The number of aryl methyl sites for hydroxylation is 2. The summed E-state index contributed by atoms with van der Waals surface area (Å²) in [5.41, 5.74) is 3.62. The molecular formula is C19H23N3O3. The molecule has 132 valence electrons. The monoisotopic (exact) mass is 341 g/mol. The standard InChI is InChI=1S/C19H23N3O3/c1-2-17(15-8-7-13-5-3-4-6-14(13)9-15)22-19(25)16(10-20)11-21-12-18(23)24/h7-9,11,17,21H,2-6,12H2,1H3,(H,22,25)(H,23,24)/b16-11-. The third kappa shape index (κ3) is 5.08. The van der Waals surface area contributed by atoms with E-state index in [4.69, 9.17) is 10.4 Å². The SMILES string of the molecule is CCC(NC(=O)/C(C#N)=C\NCC(=O)O)c1ccc2c(c1)CCCC2. The largest absolute Gasteiger partial charge is 0.480 e. The number of amides is 1. The van der Waals surface area contributed by atoms with Crippen molar-refractivity contribution in [3.63, 3.8) is 0 Å². The summed E-state index contributed by atoms with van der Waals surface area (Å²) in [7, 11) is 0. The topological polar surface area (TPSA) is 102 Å². The van der Waals surface area contributed by atoms with Crippen molar-refractivity contribution in [2.45, 2.75) is 45.1 Å². The molecule has 0 spiro atoms. The Bertz CT molecular complexity index is 719. The van der Waals surface area contributed by atoms with Gasteiger partial charge in [0.15, 0.2) is 0 Å². The maximum Gasteiger partial charge on any atom is 0.322 e. The van der Waals surface area contributed by atoms with Gasteiger partial charge in [0.25, 0.3) is 5.91 Å². The zero-order valence-electron chi connectivity index (χ0n) is 14.3. The number of rotatable bonds is 7. The van der Waals surface area contributed by atoms with Crippen molar-refractivity contribution in [2.24, 2.45) is 0 Å². The molecule has 1 aliphatic rings. The highest BCUT2D eigenvalue weighted by Gasteiger charge is 2.18. The van der Waals surface area contributed by atoms with Crippen LogP contribution < -0.4 is 10.6 Å².